The number of unbranched alkanes of at least 4 members (excludes halogenated alkanes) is 1. The van der Waals surface area contributed by atoms with Crippen LogP contribution < -0.4 is 4.74 Å². The van der Waals surface area contributed by atoms with Gasteiger partial charge in [0.05, 0.1) is 23.1 Å². The van der Waals surface area contributed by atoms with Gasteiger partial charge in [0.2, 0.25) is 0 Å². The fourth-order valence-corrected chi connectivity index (χ4v) is 1.67. The molecular weight excluding hydrogens is 253 g/mol. The molecule has 0 atom stereocenters. The fourth-order valence-electron chi connectivity index (χ4n) is 1.50. The van der Waals surface area contributed by atoms with Crippen LogP contribution in [0.25, 0.3) is 0 Å². The van der Waals surface area contributed by atoms with Crippen LogP contribution in [0.1, 0.15) is 33.1 Å². The Bertz CT molecular complexity index is 440. The summed E-state index contributed by atoms with van der Waals surface area (Å²) < 4.78 is 18.8. The van der Waals surface area contributed by atoms with Gasteiger partial charge in [0, 0.05) is 0 Å². The molecule has 0 saturated heterocycles. The highest BCUT2D eigenvalue weighted by Gasteiger charge is 2.15. The second-order valence-corrected chi connectivity index (χ2v) is 5.26. The minimum atomic E-state index is -0.517. The summed E-state index contributed by atoms with van der Waals surface area (Å²) in [5, 5.41) is 8.92. The Morgan fingerprint density at radius 1 is 1.39 bits per heavy atom. The molecule has 0 aliphatic rings. The average Bonchev–Trinajstić information content (AvgIpc) is 2.34. The second kappa shape index (κ2) is 6.61. The third kappa shape index (κ3) is 4.54. The van der Waals surface area contributed by atoms with Crippen LogP contribution in [0.3, 0.4) is 0 Å². The molecule has 0 unspecified atom stereocenters. The van der Waals surface area contributed by atoms with Crippen molar-refractivity contribution < 1.29 is 9.13 Å². The molecular formula is C14H17ClFNO. The molecule has 0 aliphatic heterocycles. The highest BCUT2D eigenvalue weighted by Crippen LogP contribution is 2.25. The van der Waals surface area contributed by atoms with Gasteiger partial charge >= 0.3 is 0 Å². The number of halogens is 2. The maximum atomic E-state index is 13.5. The third-order valence-electron chi connectivity index (χ3n) is 2.67. The number of nitriles is 1. The number of nitrogens with zero attached hydrogens (tertiary/aromatic N) is 1. The van der Waals surface area contributed by atoms with Gasteiger partial charge in [-0.3, -0.25) is 0 Å². The molecule has 0 fully saturated rings. The molecule has 0 bridgehead atoms. The van der Waals surface area contributed by atoms with Gasteiger partial charge in [0.15, 0.2) is 11.6 Å². The molecule has 0 aromatic heterocycles. The molecule has 0 amide bonds. The smallest absolute Gasteiger partial charge is 0.183 e. The summed E-state index contributed by atoms with van der Waals surface area (Å²) in [5.41, 5.74) is -0.304. The molecule has 0 aliphatic carbocycles. The molecule has 0 saturated carbocycles. The Balaban J connectivity index is 2.31. The van der Waals surface area contributed by atoms with E-state index in [0.29, 0.717) is 6.61 Å². The van der Waals surface area contributed by atoms with E-state index in [1.165, 1.54) is 6.07 Å². The molecule has 98 valence electrons. The zero-order valence-electron chi connectivity index (χ0n) is 10.7. The molecule has 0 spiro atoms. The van der Waals surface area contributed by atoms with Crippen molar-refractivity contribution in [2.24, 2.45) is 5.41 Å². The van der Waals surface area contributed by atoms with Gasteiger partial charge in [0.1, 0.15) is 0 Å². The lowest BCUT2D eigenvalue weighted by Gasteiger charge is -2.14. The molecule has 2 nitrogen and oxygen atoms in total. The van der Waals surface area contributed by atoms with Crippen molar-refractivity contribution in [3.8, 4) is 11.8 Å². The largest absolute Gasteiger partial charge is 0.490 e. The van der Waals surface area contributed by atoms with E-state index in [-0.39, 0.29) is 16.2 Å². The maximum Gasteiger partial charge on any atom is 0.183 e. The standard InChI is InChI=1S/C14H17ClFNO/c1-14(2,10-17)8-3-4-9-18-12-7-5-6-11(15)13(12)16/h5-7H,3-4,8-9H2,1-2H3. The number of rotatable bonds is 6. The minimum Gasteiger partial charge on any atom is -0.490 e. The van der Waals surface area contributed by atoms with Crippen molar-refractivity contribution in [3.63, 3.8) is 0 Å². The summed E-state index contributed by atoms with van der Waals surface area (Å²) in [5.74, 6) is -0.335. The highest BCUT2D eigenvalue weighted by molar-refractivity contribution is 6.30. The van der Waals surface area contributed by atoms with E-state index in [1.54, 1.807) is 12.1 Å². The van der Waals surface area contributed by atoms with Crippen molar-refractivity contribution in [2.75, 3.05) is 6.61 Å². The second-order valence-electron chi connectivity index (χ2n) is 4.85. The lowest BCUT2D eigenvalue weighted by Crippen LogP contribution is -2.08. The molecule has 18 heavy (non-hydrogen) atoms. The predicted octanol–water partition coefficient (Wildman–Crippen LogP) is 4.58. The van der Waals surface area contributed by atoms with Crippen LogP contribution in [0.2, 0.25) is 5.02 Å². The van der Waals surface area contributed by atoms with Gasteiger partial charge < -0.3 is 4.74 Å². The van der Waals surface area contributed by atoms with Crippen LogP contribution >= 0.6 is 11.6 Å². The molecule has 1 rings (SSSR count). The Kier molecular flexibility index (Phi) is 5.43. The number of hydrogen-bond donors (Lipinski definition) is 0. The monoisotopic (exact) mass is 269 g/mol. The summed E-state index contributed by atoms with van der Waals surface area (Å²) >= 11 is 5.64. The van der Waals surface area contributed by atoms with Crippen LogP contribution in [-0.2, 0) is 0 Å². The maximum absolute atomic E-state index is 13.5. The number of benzene rings is 1. The molecule has 0 radical (unpaired) electrons. The van der Waals surface area contributed by atoms with Gasteiger partial charge in [-0.05, 0) is 45.2 Å². The lowest BCUT2D eigenvalue weighted by molar-refractivity contribution is 0.282. The normalized spacial score (nSPS) is 11.1. The van der Waals surface area contributed by atoms with Crippen molar-refractivity contribution in [1.29, 1.82) is 5.26 Å². The van der Waals surface area contributed by atoms with E-state index < -0.39 is 5.82 Å². The molecule has 0 heterocycles. The van der Waals surface area contributed by atoms with Crippen molar-refractivity contribution in [3.05, 3.63) is 29.0 Å². The third-order valence-corrected chi connectivity index (χ3v) is 2.96. The van der Waals surface area contributed by atoms with Gasteiger partial charge in [-0.1, -0.05) is 17.7 Å². The first-order valence-corrected chi connectivity index (χ1v) is 6.32. The number of ether oxygens (including phenoxy) is 1. The van der Waals surface area contributed by atoms with Gasteiger partial charge in [0.25, 0.3) is 0 Å². The fraction of sp³-hybridized carbons (Fsp3) is 0.500. The topological polar surface area (TPSA) is 33.0 Å². The van der Waals surface area contributed by atoms with Crippen LogP contribution in [0, 0.1) is 22.6 Å². The molecule has 4 heteroatoms. The Labute approximate surface area is 112 Å². The van der Waals surface area contributed by atoms with E-state index >= 15 is 0 Å². The first-order chi connectivity index (χ1) is 8.46. The van der Waals surface area contributed by atoms with Crippen LogP contribution in [0.4, 0.5) is 4.39 Å². The van der Waals surface area contributed by atoms with Crippen LogP contribution in [0.5, 0.6) is 5.75 Å². The first-order valence-electron chi connectivity index (χ1n) is 5.94. The summed E-state index contributed by atoms with van der Waals surface area (Å²) in [7, 11) is 0. The first kappa shape index (κ1) is 14.8. The van der Waals surface area contributed by atoms with Gasteiger partial charge in [-0.15, -0.1) is 0 Å². The Morgan fingerprint density at radius 2 is 2.11 bits per heavy atom. The van der Waals surface area contributed by atoms with Gasteiger partial charge in [-0.2, -0.15) is 5.26 Å². The molecule has 1 aromatic carbocycles. The van der Waals surface area contributed by atoms with Crippen molar-refractivity contribution in [2.45, 2.75) is 33.1 Å². The zero-order chi connectivity index (χ0) is 13.6. The molecule has 1 aromatic rings. The summed E-state index contributed by atoms with van der Waals surface area (Å²) in [4.78, 5) is 0. The van der Waals surface area contributed by atoms with Crippen molar-refractivity contribution >= 4 is 11.6 Å². The van der Waals surface area contributed by atoms with E-state index in [2.05, 4.69) is 6.07 Å². The SMILES string of the molecule is CC(C)(C#N)CCCCOc1cccc(Cl)c1F. The Hall–Kier alpha value is -1.27. The van der Waals surface area contributed by atoms with E-state index in [0.717, 1.165) is 19.3 Å². The lowest BCUT2D eigenvalue weighted by atomic mass is 9.89. The van der Waals surface area contributed by atoms with Gasteiger partial charge in [-0.25, -0.2) is 4.39 Å². The molecule has 0 N–H and O–H groups in total. The zero-order valence-corrected chi connectivity index (χ0v) is 11.4. The highest BCUT2D eigenvalue weighted by atomic mass is 35.5. The van der Waals surface area contributed by atoms with E-state index in [4.69, 9.17) is 21.6 Å². The average molecular weight is 270 g/mol. The van der Waals surface area contributed by atoms with Crippen LogP contribution in [-0.4, -0.2) is 6.61 Å². The summed E-state index contributed by atoms with van der Waals surface area (Å²) in [6, 6.07) is 6.94. The summed E-state index contributed by atoms with van der Waals surface area (Å²) in [6.07, 6.45) is 2.48. The predicted molar refractivity (Wildman–Crippen MR) is 70.2 cm³/mol. The summed E-state index contributed by atoms with van der Waals surface area (Å²) in [6.45, 7) is 4.24. The minimum absolute atomic E-state index is 0.0677. The quantitative estimate of drug-likeness (QED) is 0.708. The van der Waals surface area contributed by atoms with E-state index in [9.17, 15) is 4.39 Å². The van der Waals surface area contributed by atoms with Crippen LogP contribution in [0.15, 0.2) is 18.2 Å². The van der Waals surface area contributed by atoms with Crippen molar-refractivity contribution in [1.82, 2.24) is 0 Å². The van der Waals surface area contributed by atoms with E-state index in [1.807, 2.05) is 13.8 Å². The Morgan fingerprint density at radius 3 is 2.78 bits per heavy atom. The number of hydrogen-bond acceptors (Lipinski definition) is 2.